The molecule has 0 saturated carbocycles. The number of carbonyl (C=O) groups is 1. The third-order valence-corrected chi connectivity index (χ3v) is 3.10. The third kappa shape index (κ3) is 4.99. The van der Waals surface area contributed by atoms with Crippen molar-refractivity contribution >= 4 is 5.91 Å². The van der Waals surface area contributed by atoms with E-state index >= 15 is 0 Å². The van der Waals surface area contributed by atoms with Gasteiger partial charge >= 0.3 is 0 Å². The van der Waals surface area contributed by atoms with E-state index in [0.29, 0.717) is 24.3 Å². The lowest BCUT2D eigenvalue weighted by atomic mass is 10.2. The van der Waals surface area contributed by atoms with Crippen molar-refractivity contribution in [3.05, 3.63) is 29.6 Å². The minimum atomic E-state index is -0.101. The molecule has 0 aliphatic carbocycles. The van der Waals surface area contributed by atoms with Gasteiger partial charge in [0.05, 0.1) is 0 Å². The van der Waals surface area contributed by atoms with Crippen LogP contribution in [0.1, 0.15) is 43.9 Å². The second-order valence-corrected chi connectivity index (χ2v) is 5.35. The summed E-state index contributed by atoms with van der Waals surface area (Å²) in [5.74, 6) is -0.101. The topological polar surface area (TPSA) is 45.2 Å². The monoisotopic (exact) mass is 263 g/mol. The molecule has 0 aromatic carbocycles. The maximum absolute atomic E-state index is 11.9. The predicted molar refractivity (Wildman–Crippen MR) is 78.3 cm³/mol. The van der Waals surface area contributed by atoms with Crippen molar-refractivity contribution in [2.75, 3.05) is 13.1 Å². The molecule has 0 radical (unpaired) electrons. The fourth-order valence-electron chi connectivity index (χ4n) is 2.17. The van der Waals surface area contributed by atoms with Gasteiger partial charge < -0.3 is 5.32 Å². The first kappa shape index (κ1) is 15.6. The number of nitrogens with one attached hydrogen (secondary N) is 1. The number of nitrogens with zero attached hydrogens (tertiary/aromatic N) is 2. The van der Waals surface area contributed by atoms with Crippen LogP contribution in [0, 0.1) is 6.92 Å². The number of aromatic nitrogens is 1. The van der Waals surface area contributed by atoms with Crippen molar-refractivity contribution in [1.82, 2.24) is 15.2 Å². The third-order valence-electron chi connectivity index (χ3n) is 3.10. The first-order valence-corrected chi connectivity index (χ1v) is 6.89. The molecular formula is C15H25N3O. The van der Waals surface area contributed by atoms with Gasteiger partial charge in [0.25, 0.3) is 5.91 Å². The fourth-order valence-corrected chi connectivity index (χ4v) is 2.17. The standard InChI is InChI=1S/C15H25N3O/c1-11(2)18(12(3)4)10-9-16-15(19)14-8-6-7-13(5)17-14/h6-8,11-12H,9-10H2,1-5H3,(H,16,19). The minimum absolute atomic E-state index is 0.101. The van der Waals surface area contributed by atoms with Gasteiger partial charge in [0.15, 0.2) is 0 Å². The summed E-state index contributed by atoms with van der Waals surface area (Å²) in [6.45, 7) is 12.1. The highest BCUT2D eigenvalue weighted by Gasteiger charge is 2.13. The second kappa shape index (κ2) is 7.24. The van der Waals surface area contributed by atoms with Crippen LogP contribution in [0.15, 0.2) is 18.2 Å². The minimum Gasteiger partial charge on any atom is -0.349 e. The number of hydrogen-bond donors (Lipinski definition) is 1. The van der Waals surface area contributed by atoms with Gasteiger partial charge in [-0.1, -0.05) is 6.07 Å². The number of amides is 1. The van der Waals surface area contributed by atoms with E-state index in [4.69, 9.17) is 0 Å². The first-order valence-electron chi connectivity index (χ1n) is 6.89. The number of rotatable bonds is 6. The van der Waals surface area contributed by atoms with E-state index < -0.39 is 0 Å². The van der Waals surface area contributed by atoms with Gasteiger partial charge in [-0.2, -0.15) is 0 Å². The molecule has 1 rings (SSSR count). The highest BCUT2D eigenvalue weighted by atomic mass is 16.1. The molecule has 0 aliphatic heterocycles. The van der Waals surface area contributed by atoms with E-state index in [-0.39, 0.29) is 5.91 Å². The van der Waals surface area contributed by atoms with Crippen molar-refractivity contribution in [3.63, 3.8) is 0 Å². The molecule has 0 fully saturated rings. The van der Waals surface area contributed by atoms with Crippen LogP contribution in [-0.4, -0.2) is 41.0 Å². The molecular weight excluding hydrogens is 238 g/mol. The molecule has 0 saturated heterocycles. The van der Waals surface area contributed by atoms with Gasteiger partial charge in [-0.05, 0) is 46.8 Å². The molecule has 106 valence electrons. The smallest absolute Gasteiger partial charge is 0.269 e. The van der Waals surface area contributed by atoms with Crippen molar-refractivity contribution in [1.29, 1.82) is 0 Å². The quantitative estimate of drug-likeness (QED) is 0.856. The molecule has 0 atom stereocenters. The van der Waals surface area contributed by atoms with Crippen LogP contribution in [0.2, 0.25) is 0 Å². The average molecular weight is 263 g/mol. The Labute approximate surface area is 116 Å². The maximum Gasteiger partial charge on any atom is 0.269 e. The van der Waals surface area contributed by atoms with Crippen LogP contribution in [0.3, 0.4) is 0 Å². The Morgan fingerprint density at radius 3 is 2.42 bits per heavy atom. The van der Waals surface area contributed by atoms with Crippen LogP contribution < -0.4 is 5.32 Å². The molecule has 0 aliphatic rings. The molecule has 4 nitrogen and oxygen atoms in total. The van der Waals surface area contributed by atoms with E-state index in [0.717, 1.165) is 12.2 Å². The molecule has 1 amide bonds. The van der Waals surface area contributed by atoms with Crippen molar-refractivity contribution in [2.24, 2.45) is 0 Å². The number of hydrogen-bond acceptors (Lipinski definition) is 3. The average Bonchev–Trinajstić information content (AvgIpc) is 2.33. The van der Waals surface area contributed by atoms with Crippen LogP contribution in [0.25, 0.3) is 0 Å². The van der Waals surface area contributed by atoms with Crippen LogP contribution >= 0.6 is 0 Å². The molecule has 0 spiro atoms. The summed E-state index contributed by atoms with van der Waals surface area (Å²) in [5.41, 5.74) is 1.35. The molecule has 1 aromatic rings. The van der Waals surface area contributed by atoms with Gasteiger partial charge in [-0.25, -0.2) is 4.98 Å². The van der Waals surface area contributed by atoms with Crippen molar-refractivity contribution in [3.8, 4) is 0 Å². The van der Waals surface area contributed by atoms with E-state index in [9.17, 15) is 4.79 Å². The highest BCUT2D eigenvalue weighted by molar-refractivity contribution is 5.92. The summed E-state index contributed by atoms with van der Waals surface area (Å²) in [7, 11) is 0. The Balaban J connectivity index is 2.47. The molecule has 19 heavy (non-hydrogen) atoms. The summed E-state index contributed by atoms with van der Waals surface area (Å²) >= 11 is 0. The largest absolute Gasteiger partial charge is 0.349 e. The predicted octanol–water partition coefficient (Wildman–Crippen LogP) is 2.24. The van der Waals surface area contributed by atoms with Gasteiger partial charge in [-0.3, -0.25) is 9.69 Å². The van der Waals surface area contributed by atoms with E-state index in [1.54, 1.807) is 6.07 Å². The van der Waals surface area contributed by atoms with Crippen LogP contribution in [0.5, 0.6) is 0 Å². The van der Waals surface area contributed by atoms with Crippen molar-refractivity contribution < 1.29 is 4.79 Å². The van der Waals surface area contributed by atoms with Gasteiger partial charge in [0, 0.05) is 30.9 Å². The zero-order chi connectivity index (χ0) is 14.4. The van der Waals surface area contributed by atoms with Crippen LogP contribution in [0.4, 0.5) is 0 Å². The summed E-state index contributed by atoms with van der Waals surface area (Å²) in [6, 6.07) is 6.44. The van der Waals surface area contributed by atoms with Gasteiger partial charge in [0.2, 0.25) is 0 Å². The maximum atomic E-state index is 11.9. The number of carbonyl (C=O) groups excluding carboxylic acids is 1. The summed E-state index contributed by atoms with van der Waals surface area (Å²) in [6.07, 6.45) is 0. The first-order chi connectivity index (χ1) is 8.91. The summed E-state index contributed by atoms with van der Waals surface area (Å²) in [4.78, 5) is 18.5. The number of aryl methyl sites for hydroxylation is 1. The lowest BCUT2D eigenvalue weighted by Gasteiger charge is -2.30. The van der Waals surface area contributed by atoms with Crippen LogP contribution in [-0.2, 0) is 0 Å². The fraction of sp³-hybridized carbons (Fsp3) is 0.600. The zero-order valence-electron chi connectivity index (χ0n) is 12.6. The molecule has 0 unspecified atom stereocenters. The summed E-state index contributed by atoms with van der Waals surface area (Å²) < 4.78 is 0. The lowest BCUT2D eigenvalue weighted by molar-refractivity contribution is 0.0934. The molecule has 4 heteroatoms. The van der Waals surface area contributed by atoms with Crippen molar-refractivity contribution in [2.45, 2.75) is 46.7 Å². The molecule has 1 N–H and O–H groups in total. The van der Waals surface area contributed by atoms with E-state index in [2.05, 4.69) is 42.9 Å². The van der Waals surface area contributed by atoms with Gasteiger partial charge in [0.1, 0.15) is 5.69 Å². The Kier molecular flexibility index (Phi) is 5.96. The molecule has 1 heterocycles. The SMILES string of the molecule is Cc1cccc(C(=O)NCCN(C(C)C)C(C)C)n1. The Morgan fingerprint density at radius 1 is 1.26 bits per heavy atom. The number of pyridine rings is 1. The van der Waals surface area contributed by atoms with E-state index in [1.807, 2.05) is 19.1 Å². The lowest BCUT2D eigenvalue weighted by Crippen LogP contribution is -2.42. The molecule has 1 aromatic heterocycles. The summed E-state index contributed by atoms with van der Waals surface area (Å²) in [5, 5.41) is 2.92. The Morgan fingerprint density at radius 2 is 1.89 bits per heavy atom. The van der Waals surface area contributed by atoms with E-state index in [1.165, 1.54) is 0 Å². The Bertz CT molecular complexity index is 408. The Hall–Kier alpha value is -1.42. The second-order valence-electron chi connectivity index (χ2n) is 5.35. The highest BCUT2D eigenvalue weighted by Crippen LogP contribution is 2.03. The normalized spacial score (nSPS) is 11.4. The molecule has 0 bridgehead atoms. The zero-order valence-corrected chi connectivity index (χ0v) is 12.6. The van der Waals surface area contributed by atoms with Gasteiger partial charge in [-0.15, -0.1) is 0 Å².